The summed E-state index contributed by atoms with van der Waals surface area (Å²) < 4.78 is 13.2. The van der Waals surface area contributed by atoms with E-state index in [0.717, 1.165) is 201 Å². The molecule has 12 aromatic heterocycles. The molecule has 126 heavy (non-hydrogen) atoms. The largest absolute Gasteiger partial charge is 2.00 e. The normalized spacial score (nSPS) is 11.3. The van der Waals surface area contributed by atoms with E-state index < -0.39 is 0 Å². The van der Waals surface area contributed by atoms with Crippen LogP contribution < -0.4 is 0 Å². The van der Waals surface area contributed by atoms with Crippen LogP contribution in [0.15, 0.2) is 365 Å². The molecule has 12 aromatic carbocycles. The van der Waals surface area contributed by atoms with Crippen LogP contribution in [0.5, 0.6) is 0 Å². The number of imidazole rings is 3. The Labute approximate surface area is 768 Å². The van der Waals surface area contributed by atoms with Gasteiger partial charge in [-0.25, -0.2) is 0 Å². The van der Waals surface area contributed by atoms with Crippen LogP contribution in [0, 0.1) is 36.4 Å². The molecule has 606 valence electrons. The Morgan fingerprint density at radius 2 is 0.595 bits per heavy atom. The van der Waals surface area contributed by atoms with Crippen LogP contribution in [0.4, 0.5) is 0 Å². The monoisotopic (exact) mass is 2160 g/mol. The van der Waals surface area contributed by atoms with Crippen LogP contribution >= 0.6 is 0 Å². The summed E-state index contributed by atoms with van der Waals surface area (Å²) in [6.07, 6.45) is 16.3. The molecule has 0 N–H and O–H groups in total. The zero-order valence-electron chi connectivity index (χ0n) is 67.8. The molecule has 12 heterocycles. The van der Waals surface area contributed by atoms with E-state index in [1.165, 1.54) is 16.2 Å². The fourth-order valence-electron chi connectivity index (χ4n) is 17.1. The Morgan fingerprint density at radius 1 is 0.230 bits per heavy atom. The van der Waals surface area contributed by atoms with Gasteiger partial charge in [0.05, 0.1) is 50.6 Å². The summed E-state index contributed by atoms with van der Waals surface area (Å²) in [4.78, 5) is 41.4. The molecule has 18 heteroatoms. The van der Waals surface area contributed by atoms with E-state index in [2.05, 4.69) is 333 Å². The van der Waals surface area contributed by atoms with E-state index >= 15 is 0 Å². The summed E-state index contributed by atoms with van der Waals surface area (Å²) >= 11 is 0. The van der Waals surface area contributed by atoms with Crippen LogP contribution in [0.3, 0.4) is 0 Å². The van der Waals surface area contributed by atoms with E-state index in [9.17, 15) is 0 Å². The molecule has 0 fully saturated rings. The summed E-state index contributed by atoms with van der Waals surface area (Å²) in [6, 6.07) is 128. The molecule has 0 aliphatic rings. The van der Waals surface area contributed by atoms with Gasteiger partial charge in [0.1, 0.15) is 0 Å². The standard InChI is InChI=1S/3C36H23N5.3Pt/c1-40-33-14-7-11-28(24-17-20-37-21-18-24)35(33)39-36(40)26-15-16-30-29-10-2-3-13-32(29)41(34(30)23-26)27-9-6-8-25(22-27)31-12-4-5-19-38-31;1-40-34-15-13-25(24-16-19-37-20-17-24)22-32(34)39-36(40)27-12-14-30-29-9-2-3-11-33(29)41(35(30)23-27)28-8-6-7-26(21-28)31-10-4-5-18-38-31;1-40-35-22-25(24-16-19-37-20-17-24)13-15-32(35)39-36(40)27-12-14-30-29-9-2-3-11-33(29)41(34(30)23-27)28-8-6-7-26(21-28)31-10-4-5-18-38-31;;;/h2-21H,1H3;2*2-20,22H,1H3;;;/q3*-2;3*+2. The number of fused-ring (bicyclic) bond motifs is 12. The van der Waals surface area contributed by atoms with Gasteiger partial charge in [0.2, 0.25) is 0 Å². The zero-order chi connectivity index (χ0) is 82.0. The van der Waals surface area contributed by atoms with Crippen molar-refractivity contribution in [1.29, 1.82) is 0 Å². The van der Waals surface area contributed by atoms with E-state index in [4.69, 9.17) is 15.0 Å². The summed E-state index contributed by atoms with van der Waals surface area (Å²) in [7, 11) is 6.20. The van der Waals surface area contributed by atoms with Gasteiger partial charge in [-0.15, -0.1) is 161 Å². The van der Waals surface area contributed by atoms with Gasteiger partial charge >= 0.3 is 63.2 Å². The van der Waals surface area contributed by atoms with Crippen molar-refractivity contribution >= 4 is 98.5 Å². The number of aromatic nitrogens is 15. The quantitative estimate of drug-likeness (QED) is 0.109. The predicted molar refractivity (Wildman–Crippen MR) is 494 cm³/mol. The zero-order valence-corrected chi connectivity index (χ0v) is 74.6. The number of rotatable bonds is 12. The van der Waals surface area contributed by atoms with Gasteiger partial charge in [-0.3, -0.25) is 29.9 Å². The van der Waals surface area contributed by atoms with Crippen molar-refractivity contribution in [3.05, 3.63) is 402 Å². The van der Waals surface area contributed by atoms with Crippen molar-refractivity contribution in [1.82, 2.24) is 72.3 Å². The molecule has 24 rings (SSSR count). The van der Waals surface area contributed by atoms with Gasteiger partial charge in [0, 0.05) is 99.0 Å². The van der Waals surface area contributed by atoms with Gasteiger partial charge in [0.15, 0.2) is 0 Å². The van der Waals surface area contributed by atoms with Crippen LogP contribution in [0.2, 0.25) is 0 Å². The first kappa shape index (κ1) is 81.1. The molecule has 0 saturated heterocycles. The third-order valence-electron chi connectivity index (χ3n) is 23.0. The molecule has 0 aliphatic heterocycles. The molecule has 0 saturated carbocycles. The minimum absolute atomic E-state index is 0. The van der Waals surface area contributed by atoms with Crippen molar-refractivity contribution < 1.29 is 63.2 Å². The summed E-state index contributed by atoms with van der Waals surface area (Å²) in [5.74, 6) is 2.61. The average molecular weight is 2160 g/mol. The Kier molecular flexibility index (Phi) is 22.3. The second-order valence-corrected chi connectivity index (χ2v) is 30.2. The number of hydrogen-bond acceptors (Lipinski definition) is 9. The van der Waals surface area contributed by atoms with Crippen LogP contribution in [-0.4, -0.2) is 72.3 Å². The Balaban J connectivity index is 0.000000122. The summed E-state index contributed by atoms with van der Waals surface area (Å²) in [5.41, 5.74) is 30.2. The fourth-order valence-corrected chi connectivity index (χ4v) is 17.1. The maximum Gasteiger partial charge on any atom is 2.00 e. The number of hydrogen-bond donors (Lipinski definition) is 0. The molecule has 0 spiro atoms. The molecule has 0 radical (unpaired) electrons. The number of para-hydroxylation sites is 4. The average Bonchev–Trinajstić information content (AvgIpc) is 1.59. The summed E-state index contributed by atoms with van der Waals surface area (Å²) in [5, 5.41) is 6.94. The third kappa shape index (κ3) is 14.7. The molecular formula is C108H69N15Pt3. The van der Waals surface area contributed by atoms with Gasteiger partial charge in [-0.2, -0.15) is 0 Å². The first-order valence-electron chi connectivity index (χ1n) is 40.5. The van der Waals surface area contributed by atoms with Crippen molar-refractivity contribution in [3.63, 3.8) is 0 Å². The molecule has 24 aromatic rings. The van der Waals surface area contributed by atoms with Crippen molar-refractivity contribution in [2.45, 2.75) is 0 Å². The van der Waals surface area contributed by atoms with Crippen molar-refractivity contribution in [2.75, 3.05) is 0 Å². The SMILES string of the molecule is Cn1c(-c2[c-]c3c(cc2)c2ccccc2n3-c2[c-]c(-c3ccccn3)ccc2)nc2c(-c3ccncc3)cccc21.Cn1c(-c2[c-]c3c(cc2)c2ccccc2n3-c2[c-]c(-c3ccccn3)ccc2)nc2cc(-c3ccncc3)ccc21.Cn1c(-c2[c-]c3c(cc2)c2ccccc2n3-c2[c-]c(-c3ccccn3)ccc2)nc2ccc(-c3ccncc3)cc21.[Pt+2].[Pt+2].[Pt+2]. The first-order chi connectivity index (χ1) is 60.7. The fraction of sp³-hybridized carbons (Fsp3) is 0.0278. The van der Waals surface area contributed by atoms with Crippen LogP contribution in [0.25, 0.3) is 217 Å². The van der Waals surface area contributed by atoms with E-state index in [0.29, 0.717) is 0 Å². The second kappa shape index (κ2) is 34.6. The maximum atomic E-state index is 5.16. The molecular weight excluding hydrogens is 2090 g/mol. The Hall–Kier alpha value is -14.6. The third-order valence-corrected chi connectivity index (χ3v) is 23.0. The smallest absolute Gasteiger partial charge is 0.367 e. The molecule has 0 aliphatic carbocycles. The van der Waals surface area contributed by atoms with Crippen LogP contribution in [-0.2, 0) is 84.3 Å². The topological polar surface area (TPSA) is 146 Å². The van der Waals surface area contributed by atoms with Gasteiger partial charge < -0.3 is 42.4 Å². The predicted octanol–water partition coefficient (Wildman–Crippen LogP) is 24.2. The van der Waals surface area contributed by atoms with Crippen molar-refractivity contribution in [2.24, 2.45) is 21.1 Å². The molecule has 0 unspecified atom stereocenters. The van der Waals surface area contributed by atoms with E-state index in [-0.39, 0.29) is 63.2 Å². The van der Waals surface area contributed by atoms with Crippen molar-refractivity contribution in [3.8, 4) is 118 Å². The van der Waals surface area contributed by atoms with E-state index in [1.54, 1.807) is 0 Å². The molecule has 0 bridgehead atoms. The molecule has 15 nitrogen and oxygen atoms in total. The number of pyridine rings is 6. The Bertz CT molecular complexity index is 7970. The number of benzene rings is 12. The summed E-state index contributed by atoms with van der Waals surface area (Å²) in [6.45, 7) is 0. The number of nitrogens with zero attached hydrogens (tertiary/aromatic N) is 15. The minimum Gasteiger partial charge on any atom is -0.367 e. The second-order valence-electron chi connectivity index (χ2n) is 30.2. The van der Waals surface area contributed by atoms with Gasteiger partial charge in [0.25, 0.3) is 0 Å². The van der Waals surface area contributed by atoms with E-state index in [1.807, 2.05) is 147 Å². The minimum atomic E-state index is 0. The maximum absolute atomic E-state index is 5.16. The van der Waals surface area contributed by atoms with Gasteiger partial charge in [-0.05, 0) is 198 Å². The number of aryl methyl sites for hydroxylation is 3. The van der Waals surface area contributed by atoms with Crippen LogP contribution in [0.1, 0.15) is 0 Å². The van der Waals surface area contributed by atoms with Gasteiger partial charge in [-0.1, -0.05) is 131 Å². The Morgan fingerprint density at radius 3 is 1.03 bits per heavy atom. The first-order valence-corrected chi connectivity index (χ1v) is 40.5. The molecule has 0 atom stereocenters. The molecule has 0 amide bonds.